The van der Waals surface area contributed by atoms with Crippen molar-refractivity contribution in [1.82, 2.24) is 4.90 Å². The first-order valence-electron chi connectivity index (χ1n) is 5.88. The van der Waals surface area contributed by atoms with E-state index in [2.05, 4.69) is 39.3 Å². The molecule has 2 rings (SSSR count). The van der Waals surface area contributed by atoms with Crippen LogP contribution in [0.15, 0.2) is 15.2 Å². The Balaban J connectivity index is 2.04. The molecule has 0 spiro atoms. The second kappa shape index (κ2) is 5.80. The lowest BCUT2D eigenvalue weighted by atomic mass is 9.88. The molecule has 1 saturated heterocycles. The van der Waals surface area contributed by atoms with E-state index in [0.29, 0.717) is 6.54 Å². The zero-order valence-corrected chi connectivity index (χ0v) is 12.5. The van der Waals surface area contributed by atoms with E-state index in [1.807, 2.05) is 0 Å². The van der Waals surface area contributed by atoms with Crippen molar-refractivity contribution in [3.63, 3.8) is 0 Å². The Morgan fingerprint density at radius 3 is 2.76 bits per heavy atom. The number of likely N-dealkylation sites (N-methyl/N-ethyl adjacent to an activating group) is 1. The van der Waals surface area contributed by atoms with Crippen LogP contribution in [0.25, 0.3) is 0 Å². The summed E-state index contributed by atoms with van der Waals surface area (Å²) < 4.78 is 6.63. The molecule has 0 radical (unpaired) electrons. The van der Waals surface area contributed by atoms with Gasteiger partial charge in [0.1, 0.15) is 0 Å². The van der Waals surface area contributed by atoms with Crippen molar-refractivity contribution in [3.8, 4) is 0 Å². The number of thiophene rings is 1. The van der Waals surface area contributed by atoms with Gasteiger partial charge in [0.2, 0.25) is 0 Å². The first kappa shape index (κ1) is 13.5. The highest BCUT2D eigenvalue weighted by Crippen LogP contribution is 2.29. The highest BCUT2D eigenvalue weighted by Gasteiger charge is 2.35. The molecule has 1 aliphatic rings. The molecule has 1 aliphatic heterocycles. The average Bonchev–Trinajstić information content (AvgIpc) is 2.75. The molecule has 17 heavy (non-hydrogen) atoms. The third-order valence-electron chi connectivity index (χ3n) is 3.65. The maximum absolute atomic E-state index is 5.99. The zero-order valence-electron chi connectivity index (χ0n) is 10.1. The van der Waals surface area contributed by atoms with Gasteiger partial charge < -0.3 is 10.5 Å². The smallest absolute Gasteiger partial charge is 0.0701 e. The van der Waals surface area contributed by atoms with Crippen LogP contribution in [-0.4, -0.2) is 37.2 Å². The Labute approximate surface area is 115 Å². The lowest BCUT2D eigenvalue weighted by molar-refractivity contribution is -0.0163. The third-order valence-corrected chi connectivity index (χ3v) is 5.21. The van der Waals surface area contributed by atoms with Crippen molar-refractivity contribution >= 4 is 27.3 Å². The van der Waals surface area contributed by atoms with Crippen LogP contribution in [0, 0.1) is 0 Å². The van der Waals surface area contributed by atoms with Gasteiger partial charge in [-0.05, 0) is 52.8 Å². The van der Waals surface area contributed by atoms with Crippen molar-refractivity contribution in [2.45, 2.75) is 24.9 Å². The molecule has 0 saturated carbocycles. The first-order valence-corrected chi connectivity index (χ1v) is 7.55. The van der Waals surface area contributed by atoms with Gasteiger partial charge in [-0.3, -0.25) is 4.90 Å². The number of hydrogen-bond donors (Lipinski definition) is 1. The third kappa shape index (κ3) is 3.09. The lowest BCUT2D eigenvalue weighted by Crippen LogP contribution is -2.54. The summed E-state index contributed by atoms with van der Waals surface area (Å²) in [6, 6.07) is 2.19. The van der Waals surface area contributed by atoms with Crippen molar-refractivity contribution in [3.05, 3.63) is 20.8 Å². The summed E-state index contributed by atoms with van der Waals surface area (Å²) in [5, 5.41) is 2.20. The molecule has 1 aromatic rings. The molecule has 0 aromatic carbocycles. The predicted molar refractivity (Wildman–Crippen MR) is 75.3 cm³/mol. The van der Waals surface area contributed by atoms with Gasteiger partial charge in [-0.15, -0.1) is 11.3 Å². The van der Waals surface area contributed by atoms with Gasteiger partial charge in [-0.1, -0.05) is 0 Å². The monoisotopic (exact) mass is 318 g/mol. The summed E-state index contributed by atoms with van der Waals surface area (Å²) in [7, 11) is 2.17. The van der Waals surface area contributed by atoms with Gasteiger partial charge in [0, 0.05) is 31.8 Å². The van der Waals surface area contributed by atoms with E-state index < -0.39 is 0 Å². The van der Waals surface area contributed by atoms with E-state index in [1.54, 1.807) is 11.3 Å². The van der Waals surface area contributed by atoms with Gasteiger partial charge in [-0.2, -0.15) is 0 Å². The van der Waals surface area contributed by atoms with Gasteiger partial charge in [0.25, 0.3) is 0 Å². The molecule has 3 nitrogen and oxygen atoms in total. The number of halogens is 1. The Kier molecular flexibility index (Phi) is 4.60. The molecule has 0 atom stereocenters. The predicted octanol–water partition coefficient (Wildman–Crippen LogP) is 2.45. The summed E-state index contributed by atoms with van der Waals surface area (Å²) in [5.41, 5.74) is 7.46. The van der Waals surface area contributed by atoms with E-state index >= 15 is 0 Å². The fourth-order valence-corrected chi connectivity index (χ4v) is 3.56. The van der Waals surface area contributed by atoms with Crippen LogP contribution in [0.3, 0.4) is 0 Å². The minimum absolute atomic E-state index is 0.118. The topological polar surface area (TPSA) is 38.5 Å². The molecule has 96 valence electrons. The Bertz CT molecular complexity index is 363. The molecular formula is C12H19BrN2OS. The van der Waals surface area contributed by atoms with Gasteiger partial charge in [0.05, 0.1) is 3.79 Å². The summed E-state index contributed by atoms with van der Waals surface area (Å²) in [6.45, 7) is 3.32. The molecule has 0 amide bonds. The van der Waals surface area contributed by atoms with Gasteiger partial charge >= 0.3 is 0 Å². The maximum atomic E-state index is 5.99. The average molecular weight is 319 g/mol. The summed E-state index contributed by atoms with van der Waals surface area (Å²) in [6.07, 6.45) is 2.07. The first-order chi connectivity index (χ1) is 8.16. The highest BCUT2D eigenvalue weighted by molar-refractivity contribution is 9.11. The standard InChI is InChI=1S/C12H19BrN2OS/c1-15(7-10-6-11(13)17-8-10)12(9-14)2-4-16-5-3-12/h6,8H,2-5,7,9,14H2,1H3. The minimum atomic E-state index is 0.118. The van der Waals surface area contributed by atoms with E-state index in [0.717, 1.165) is 32.6 Å². The number of rotatable bonds is 4. The number of ether oxygens (including phenoxy) is 1. The zero-order chi connectivity index (χ0) is 12.3. The summed E-state index contributed by atoms with van der Waals surface area (Å²) in [4.78, 5) is 2.39. The van der Waals surface area contributed by atoms with Crippen LogP contribution in [0.1, 0.15) is 18.4 Å². The quantitative estimate of drug-likeness (QED) is 0.926. The second-order valence-corrected chi connectivity index (χ2v) is 6.95. The van der Waals surface area contributed by atoms with E-state index in [4.69, 9.17) is 10.5 Å². The lowest BCUT2D eigenvalue weighted by Gasteiger charge is -2.43. The van der Waals surface area contributed by atoms with Crippen molar-refractivity contribution in [2.24, 2.45) is 5.73 Å². The van der Waals surface area contributed by atoms with Crippen LogP contribution >= 0.6 is 27.3 Å². The van der Waals surface area contributed by atoms with E-state index in [-0.39, 0.29) is 5.54 Å². The molecule has 1 aromatic heterocycles. The van der Waals surface area contributed by atoms with Crippen molar-refractivity contribution < 1.29 is 4.74 Å². The number of nitrogens with two attached hydrogens (primary N) is 1. The molecule has 0 bridgehead atoms. The van der Waals surface area contributed by atoms with Gasteiger partial charge in [-0.25, -0.2) is 0 Å². The van der Waals surface area contributed by atoms with E-state index in [1.165, 1.54) is 9.35 Å². The van der Waals surface area contributed by atoms with E-state index in [9.17, 15) is 0 Å². The molecule has 0 unspecified atom stereocenters. The van der Waals surface area contributed by atoms with Crippen LogP contribution in [0.5, 0.6) is 0 Å². The summed E-state index contributed by atoms with van der Waals surface area (Å²) in [5.74, 6) is 0. The fourth-order valence-electron chi connectivity index (χ4n) is 2.36. The number of hydrogen-bond acceptors (Lipinski definition) is 4. The van der Waals surface area contributed by atoms with Gasteiger partial charge in [0.15, 0.2) is 0 Å². The van der Waals surface area contributed by atoms with Crippen LogP contribution in [-0.2, 0) is 11.3 Å². The summed E-state index contributed by atoms with van der Waals surface area (Å²) >= 11 is 5.24. The molecular weight excluding hydrogens is 300 g/mol. The van der Waals surface area contributed by atoms with Crippen molar-refractivity contribution in [1.29, 1.82) is 0 Å². The van der Waals surface area contributed by atoms with Crippen molar-refractivity contribution in [2.75, 3.05) is 26.8 Å². The minimum Gasteiger partial charge on any atom is -0.381 e. The molecule has 5 heteroatoms. The van der Waals surface area contributed by atoms with Crippen LogP contribution in [0.4, 0.5) is 0 Å². The van der Waals surface area contributed by atoms with Crippen LogP contribution < -0.4 is 5.73 Å². The maximum Gasteiger partial charge on any atom is 0.0701 e. The second-order valence-electron chi connectivity index (χ2n) is 4.66. The molecule has 2 N–H and O–H groups in total. The molecule has 0 aliphatic carbocycles. The molecule has 2 heterocycles. The Hall–Kier alpha value is 0.0600. The normalized spacial score (nSPS) is 19.8. The Morgan fingerprint density at radius 2 is 2.24 bits per heavy atom. The Morgan fingerprint density at radius 1 is 1.53 bits per heavy atom. The number of nitrogens with zero attached hydrogens (tertiary/aromatic N) is 1. The fraction of sp³-hybridized carbons (Fsp3) is 0.667. The highest BCUT2D eigenvalue weighted by atomic mass is 79.9. The SMILES string of the molecule is CN(Cc1csc(Br)c1)C1(CN)CCOCC1. The largest absolute Gasteiger partial charge is 0.381 e. The van der Waals surface area contributed by atoms with Crippen LogP contribution in [0.2, 0.25) is 0 Å². The molecule has 1 fully saturated rings.